The molecular weight excluding hydrogens is 256 g/mol. The van der Waals surface area contributed by atoms with E-state index in [-0.39, 0.29) is 16.9 Å². The van der Waals surface area contributed by atoms with Crippen molar-refractivity contribution in [1.29, 1.82) is 0 Å². The summed E-state index contributed by atoms with van der Waals surface area (Å²) < 4.78 is 0. The summed E-state index contributed by atoms with van der Waals surface area (Å²) in [5.41, 5.74) is 2.82. The highest BCUT2D eigenvalue weighted by molar-refractivity contribution is 5.24. The number of fused-ring (bicyclic) bond motifs is 1. The Morgan fingerprint density at radius 2 is 2.10 bits per heavy atom. The maximum Gasteiger partial charge on any atom is 0.0785 e. The molecule has 118 valence electrons. The van der Waals surface area contributed by atoms with Crippen LogP contribution in [-0.2, 0) is 0 Å². The zero-order valence-corrected chi connectivity index (χ0v) is 14.4. The standard InChI is InChI=1S/C20H32O/c1-7-14(2)13-18(21)20(6)16(4)11-12-19(5)15(3)9-8-10-17(19)20/h7,9,13,16-18,21H,1,8,10-12H2,2-6H3/b14-13+/t16-,17+,18-,19+,20+/m0/s1. The van der Waals surface area contributed by atoms with Gasteiger partial charge in [0.15, 0.2) is 0 Å². The molecule has 0 amide bonds. The van der Waals surface area contributed by atoms with E-state index in [4.69, 9.17) is 0 Å². The van der Waals surface area contributed by atoms with Gasteiger partial charge < -0.3 is 5.11 Å². The molecule has 0 heterocycles. The van der Waals surface area contributed by atoms with Crippen LogP contribution in [-0.4, -0.2) is 11.2 Å². The molecule has 1 heteroatoms. The summed E-state index contributed by atoms with van der Waals surface area (Å²) in [5.74, 6) is 1.10. The molecule has 0 aliphatic heterocycles. The SMILES string of the molecule is C=C/C(C)=C/[C@H](O)[C@]1(C)[C@@H](C)CC[C@]2(C)C(C)=CCC[C@@H]12. The lowest BCUT2D eigenvalue weighted by atomic mass is 9.46. The van der Waals surface area contributed by atoms with Gasteiger partial charge in [0.1, 0.15) is 0 Å². The van der Waals surface area contributed by atoms with Crippen LogP contribution in [0.25, 0.3) is 0 Å². The zero-order valence-electron chi connectivity index (χ0n) is 14.4. The van der Waals surface area contributed by atoms with Crippen LogP contribution >= 0.6 is 0 Å². The minimum absolute atomic E-state index is 0.0488. The second-order valence-corrected chi connectivity index (χ2v) is 7.80. The van der Waals surface area contributed by atoms with Gasteiger partial charge >= 0.3 is 0 Å². The van der Waals surface area contributed by atoms with Crippen molar-refractivity contribution >= 4 is 0 Å². The minimum Gasteiger partial charge on any atom is -0.388 e. The summed E-state index contributed by atoms with van der Waals surface area (Å²) in [5, 5.41) is 11.0. The Balaban J connectivity index is 2.44. The van der Waals surface area contributed by atoms with Crippen molar-refractivity contribution in [2.24, 2.45) is 22.7 Å². The van der Waals surface area contributed by atoms with E-state index in [1.807, 2.05) is 19.1 Å². The van der Waals surface area contributed by atoms with Crippen molar-refractivity contribution in [3.05, 3.63) is 36.0 Å². The monoisotopic (exact) mass is 288 g/mol. The van der Waals surface area contributed by atoms with E-state index < -0.39 is 0 Å². The molecule has 1 fully saturated rings. The van der Waals surface area contributed by atoms with Crippen molar-refractivity contribution in [2.45, 2.75) is 66.4 Å². The fraction of sp³-hybridized carbons (Fsp3) is 0.700. The average molecular weight is 288 g/mol. The highest BCUT2D eigenvalue weighted by Gasteiger charge is 2.55. The molecule has 0 spiro atoms. The van der Waals surface area contributed by atoms with Gasteiger partial charge in [-0.25, -0.2) is 0 Å². The first-order valence-corrected chi connectivity index (χ1v) is 8.43. The summed E-state index contributed by atoms with van der Waals surface area (Å²) in [7, 11) is 0. The lowest BCUT2D eigenvalue weighted by Crippen LogP contribution is -2.54. The topological polar surface area (TPSA) is 20.2 Å². The van der Waals surface area contributed by atoms with Gasteiger partial charge in [0.25, 0.3) is 0 Å². The maximum atomic E-state index is 11.0. The molecule has 0 aromatic rings. The van der Waals surface area contributed by atoms with Crippen LogP contribution in [0.4, 0.5) is 0 Å². The fourth-order valence-electron chi connectivity index (χ4n) is 4.83. The molecular formula is C20H32O. The van der Waals surface area contributed by atoms with Crippen LogP contribution in [0, 0.1) is 22.7 Å². The lowest BCUT2D eigenvalue weighted by molar-refractivity contribution is -0.102. The van der Waals surface area contributed by atoms with E-state index in [1.54, 1.807) is 0 Å². The van der Waals surface area contributed by atoms with Crippen molar-refractivity contribution in [3.8, 4) is 0 Å². The molecule has 2 rings (SSSR count). The third kappa shape index (κ3) is 2.54. The van der Waals surface area contributed by atoms with Gasteiger partial charge in [-0.05, 0) is 56.8 Å². The Labute approximate surface area is 130 Å². The quantitative estimate of drug-likeness (QED) is 0.553. The first-order chi connectivity index (χ1) is 9.76. The van der Waals surface area contributed by atoms with E-state index in [2.05, 4.69) is 40.3 Å². The number of hydrogen-bond acceptors (Lipinski definition) is 1. The van der Waals surface area contributed by atoms with Gasteiger partial charge in [-0.3, -0.25) is 0 Å². The lowest BCUT2D eigenvalue weighted by Gasteiger charge is -2.59. The zero-order chi connectivity index (χ0) is 15.8. The largest absolute Gasteiger partial charge is 0.388 e. The third-order valence-electron chi connectivity index (χ3n) is 6.87. The Morgan fingerprint density at radius 3 is 2.71 bits per heavy atom. The normalized spacial score (nSPS) is 42.0. The summed E-state index contributed by atoms with van der Waals surface area (Å²) in [4.78, 5) is 0. The maximum absolute atomic E-state index is 11.0. The molecule has 0 radical (unpaired) electrons. The van der Waals surface area contributed by atoms with Crippen LogP contribution in [0.3, 0.4) is 0 Å². The number of aliphatic hydroxyl groups is 1. The van der Waals surface area contributed by atoms with Crippen LogP contribution < -0.4 is 0 Å². The summed E-state index contributed by atoms with van der Waals surface area (Å²) in [6.45, 7) is 15.2. The van der Waals surface area contributed by atoms with Crippen LogP contribution in [0.5, 0.6) is 0 Å². The first kappa shape index (κ1) is 16.5. The molecule has 1 saturated carbocycles. The van der Waals surface area contributed by atoms with Gasteiger partial charge in [0.05, 0.1) is 6.10 Å². The highest BCUT2D eigenvalue weighted by Crippen LogP contribution is 2.61. The summed E-state index contributed by atoms with van der Waals surface area (Å²) in [6, 6.07) is 0. The molecule has 5 atom stereocenters. The number of hydrogen-bond donors (Lipinski definition) is 1. The molecule has 0 bridgehead atoms. The molecule has 2 aliphatic rings. The molecule has 0 unspecified atom stereocenters. The number of aliphatic hydroxyl groups excluding tert-OH is 1. The summed E-state index contributed by atoms with van der Waals surface area (Å²) in [6.07, 6.45) is 10.7. The number of allylic oxidation sites excluding steroid dienone is 4. The van der Waals surface area contributed by atoms with Crippen LogP contribution in [0.1, 0.15) is 60.3 Å². The van der Waals surface area contributed by atoms with E-state index in [0.29, 0.717) is 11.8 Å². The molecule has 21 heavy (non-hydrogen) atoms. The predicted octanol–water partition coefficient (Wildman–Crippen LogP) is 5.28. The Bertz CT molecular complexity index is 472. The molecule has 1 N–H and O–H groups in total. The van der Waals surface area contributed by atoms with E-state index >= 15 is 0 Å². The second-order valence-electron chi connectivity index (χ2n) is 7.80. The van der Waals surface area contributed by atoms with E-state index in [9.17, 15) is 5.11 Å². The highest BCUT2D eigenvalue weighted by atomic mass is 16.3. The van der Waals surface area contributed by atoms with Gasteiger partial charge in [-0.1, -0.05) is 56.7 Å². The Kier molecular flexibility index (Phi) is 4.54. The first-order valence-electron chi connectivity index (χ1n) is 8.43. The Hall–Kier alpha value is -0.820. The molecule has 0 aromatic carbocycles. The Morgan fingerprint density at radius 1 is 1.43 bits per heavy atom. The van der Waals surface area contributed by atoms with E-state index in [0.717, 1.165) is 12.0 Å². The van der Waals surface area contributed by atoms with Crippen molar-refractivity contribution in [3.63, 3.8) is 0 Å². The predicted molar refractivity (Wildman–Crippen MR) is 91.1 cm³/mol. The summed E-state index contributed by atoms with van der Waals surface area (Å²) >= 11 is 0. The van der Waals surface area contributed by atoms with Gasteiger partial charge in [-0.15, -0.1) is 0 Å². The average Bonchev–Trinajstić information content (AvgIpc) is 2.45. The van der Waals surface area contributed by atoms with Crippen LogP contribution in [0.15, 0.2) is 36.0 Å². The van der Waals surface area contributed by atoms with Crippen LogP contribution in [0.2, 0.25) is 0 Å². The fourth-order valence-corrected chi connectivity index (χ4v) is 4.83. The molecule has 1 nitrogen and oxygen atoms in total. The minimum atomic E-state index is -0.388. The molecule has 0 aromatic heterocycles. The molecule has 0 saturated heterocycles. The number of rotatable bonds is 3. The van der Waals surface area contributed by atoms with Gasteiger partial charge in [0.2, 0.25) is 0 Å². The smallest absolute Gasteiger partial charge is 0.0785 e. The van der Waals surface area contributed by atoms with E-state index in [1.165, 1.54) is 24.8 Å². The van der Waals surface area contributed by atoms with Crippen molar-refractivity contribution in [2.75, 3.05) is 0 Å². The van der Waals surface area contributed by atoms with Gasteiger partial charge in [-0.2, -0.15) is 0 Å². The third-order valence-corrected chi connectivity index (χ3v) is 6.87. The second kappa shape index (κ2) is 5.76. The van der Waals surface area contributed by atoms with Crippen molar-refractivity contribution in [1.82, 2.24) is 0 Å². The van der Waals surface area contributed by atoms with Gasteiger partial charge in [0, 0.05) is 5.41 Å². The molecule has 2 aliphatic carbocycles. The van der Waals surface area contributed by atoms with Crippen molar-refractivity contribution < 1.29 is 5.11 Å².